The van der Waals surface area contributed by atoms with E-state index in [2.05, 4.69) is 25.5 Å². The molecule has 0 radical (unpaired) electrons. The topological polar surface area (TPSA) is 128 Å². The van der Waals surface area contributed by atoms with Crippen LogP contribution in [0.4, 0.5) is 0 Å². The molecule has 21 heavy (non-hydrogen) atoms. The Morgan fingerprint density at radius 3 is 3.14 bits per heavy atom. The fourth-order valence-corrected chi connectivity index (χ4v) is 2.10. The normalized spacial score (nSPS) is 10.9. The van der Waals surface area contributed by atoms with Crippen molar-refractivity contribution in [1.82, 2.24) is 30.0 Å². The van der Waals surface area contributed by atoms with Gasteiger partial charge in [0.05, 0.1) is 6.61 Å². The highest BCUT2D eigenvalue weighted by molar-refractivity contribution is 7.99. The van der Waals surface area contributed by atoms with E-state index in [0.29, 0.717) is 10.7 Å². The molecule has 0 aliphatic rings. The van der Waals surface area contributed by atoms with Crippen molar-refractivity contribution in [1.29, 1.82) is 0 Å². The third-order valence-electron chi connectivity index (χ3n) is 2.30. The Labute approximate surface area is 120 Å². The van der Waals surface area contributed by atoms with Gasteiger partial charge in [-0.15, -0.1) is 5.10 Å². The minimum absolute atomic E-state index is 0.112. The highest BCUT2D eigenvalue weighted by Crippen LogP contribution is 2.24. The van der Waals surface area contributed by atoms with Crippen molar-refractivity contribution in [3.63, 3.8) is 0 Å². The van der Waals surface area contributed by atoms with E-state index in [1.54, 1.807) is 19.1 Å². The minimum Gasteiger partial charge on any atom is -0.459 e. The number of nitrogens with zero attached hydrogens (tertiary/aromatic N) is 5. The fraction of sp³-hybridized carbons (Fsp3) is 0.200. The quantitative estimate of drug-likeness (QED) is 0.668. The molecule has 0 aromatic carbocycles. The Kier molecular flexibility index (Phi) is 3.39. The summed E-state index contributed by atoms with van der Waals surface area (Å²) in [6.45, 7) is 1.89. The number of carbonyl (C=O) groups is 1. The summed E-state index contributed by atoms with van der Waals surface area (Å²) in [5.41, 5.74) is -0.0627. The summed E-state index contributed by atoms with van der Waals surface area (Å²) in [6, 6.07) is 3.24. The molecule has 1 N–H and O–H groups in total. The number of rotatable bonds is 4. The summed E-state index contributed by atoms with van der Waals surface area (Å²) in [7, 11) is 0. The maximum absolute atomic E-state index is 11.4. The van der Waals surface area contributed by atoms with Crippen LogP contribution < -0.4 is 5.69 Å². The molecule has 3 rings (SSSR count). The summed E-state index contributed by atoms with van der Waals surface area (Å²) in [5, 5.41) is 17.9. The monoisotopic (exact) mass is 308 g/mol. The SMILES string of the molecule is CCOC(=O)c1nnc(Sc2ccc3n[nH]c(=O)n3n2)o1. The second kappa shape index (κ2) is 5.36. The number of ether oxygens (including phenoxy) is 1. The van der Waals surface area contributed by atoms with Crippen LogP contribution in [0.1, 0.15) is 17.6 Å². The van der Waals surface area contributed by atoms with Crippen LogP contribution in [-0.4, -0.2) is 42.6 Å². The van der Waals surface area contributed by atoms with Gasteiger partial charge in [-0.1, -0.05) is 5.10 Å². The lowest BCUT2D eigenvalue weighted by Gasteiger charge is -1.96. The van der Waals surface area contributed by atoms with E-state index in [1.807, 2.05) is 0 Å². The van der Waals surface area contributed by atoms with Gasteiger partial charge >= 0.3 is 17.5 Å². The lowest BCUT2D eigenvalue weighted by Crippen LogP contribution is -2.12. The standard InChI is InChI=1S/C10H8N6O4S/c1-2-19-8(17)7-12-14-10(20-7)21-6-4-3-5-11-13-9(18)16(5)15-6/h3-4H,2H2,1H3,(H,13,18). The first-order chi connectivity index (χ1) is 10.2. The van der Waals surface area contributed by atoms with Gasteiger partial charge in [-0.2, -0.15) is 14.7 Å². The third kappa shape index (κ3) is 2.63. The van der Waals surface area contributed by atoms with Crippen LogP contribution in [0.2, 0.25) is 0 Å². The van der Waals surface area contributed by atoms with E-state index < -0.39 is 11.7 Å². The number of nitrogens with one attached hydrogen (secondary N) is 1. The predicted octanol–water partition coefficient (Wildman–Crippen LogP) is 0.128. The number of fused-ring (bicyclic) bond motifs is 1. The van der Waals surface area contributed by atoms with Crippen LogP contribution in [0.15, 0.2) is 31.6 Å². The van der Waals surface area contributed by atoms with Crippen LogP contribution in [0.25, 0.3) is 5.65 Å². The Bertz CT molecular complexity index is 852. The molecule has 108 valence electrons. The first kappa shape index (κ1) is 13.3. The van der Waals surface area contributed by atoms with Crippen LogP contribution >= 0.6 is 11.8 Å². The van der Waals surface area contributed by atoms with Crippen LogP contribution in [-0.2, 0) is 4.74 Å². The van der Waals surface area contributed by atoms with Gasteiger partial charge < -0.3 is 9.15 Å². The maximum atomic E-state index is 11.4. The van der Waals surface area contributed by atoms with E-state index in [0.717, 1.165) is 16.3 Å². The number of aromatic nitrogens is 6. The molecule has 0 bridgehead atoms. The average molecular weight is 308 g/mol. The lowest BCUT2D eigenvalue weighted by molar-refractivity contribution is 0.0475. The van der Waals surface area contributed by atoms with E-state index in [1.165, 1.54) is 0 Å². The Morgan fingerprint density at radius 1 is 1.48 bits per heavy atom. The van der Waals surface area contributed by atoms with E-state index >= 15 is 0 Å². The zero-order valence-electron chi connectivity index (χ0n) is 10.6. The lowest BCUT2D eigenvalue weighted by atomic mass is 10.6. The molecule has 0 spiro atoms. The van der Waals surface area contributed by atoms with Crippen molar-refractivity contribution in [2.75, 3.05) is 6.61 Å². The molecule has 0 amide bonds. The largest absolute Gasteiger partial charge is 0.459 e. The highest BCUT2D eigenvalue weighted by atomic mass is 32.2. The van der Waals surface area contributed by atoms with Crippen molar-refractivity contribution in [3.05, 3.63) is 28.5 Å². The van der Waals surface area contributed by atoms with Gasteiger partial charge in [-0.25, -0.2) is 14.7 Å². The van der Waals surface area contributed by atoms with Crippen molar-refractivity contribution in [2.24, 2.45) is 0 Å². The molecule has 0 fully saturated rings. The fourth-order valence-electron chi connectivity index (χ4n) is 1.46. The first-order valence-corrected chi connectivity index (χ1v) is 6.62. The average Bonchev–Trinajstić information content (AvgIpc) is 3.07. The smallest absolute Gasteiger partial charge is 0.396 e. The van der Waals surface area contributed by atoms with E-state index in [-0.39, 0.29) is 17.7 Å². The summed E-state index contributed by atoms with van der Waals surface area (Å²) >= 11 is 1.01. The van der Waals surface area contributed by atoms with Crippen LogP contribution in [0.3, 0.4) is 0 Å². The second-order valence-electron chi connectivity index (χ2n) is 3.67. The first-order valence-electron chi connectivity index (χ1n) is 5.80. The number of hydrogen-bond acceptors (Lipinski definition) is 9. The van der Waals surface area contributed by atoms with Crippen LogP contribution in [0.5, 0.6) is 0 Å². The molecule has 3 aromatic rings. The highest BCUT2D eigenvalue weighted by Gasteiger charge is 2.17. The summed E-state index contributed by atoms with van der Waals surface area (Å²) in [5.74, 6) is -0.924. The predicted molar refractivity (Wildman–Crippen MR) is 68.0 cm³/mol. The third-order valence-corrected chi connectivity index (χ3v) is 3.06. The summed E-state index contributed by atoms with van der Waals surface area (Å²) < 4.78 is 11.0. The summed E-state index contributed by atoms with van der Waals surface area (Å²) in [4.78, 5) is 22.8. The van der Waals surface area contributed by atoms with Gasteiger partial charge in [0.15, 0.2) is 5.65 Å². The molecule has 0 aliphatic heterocycles. The molecule has 0 atom stereocenters. The molecule has 0 aliphatic carbocycles. The molecule has 10 nitrogen and oxygen atoms in total. The van der Waals surface area contributed by atoms with Crippen LogP contribution in [0, 0.1) is 0 Å². The molecular formula is C10H8N6O4S. The van der Waals surface area contributed by atoms with Gasteiger partial charge in [0.2, 0.25) is 0 Å². The second-order valence-corrected chi connectivity index (χ2v) is 4.64. The number of hydrogen-bond donors (Lipinski definition) is 1. The van der Waals surface area contributed by atoms with Crippen molar-refractivity contribution >= 4 is 23.4 Å². The molecule has 3 aromatic heterocycles. The Morgan fingerprint density at radius 2 is 2.33 bits per heavy atom. The van der Waals surface area contributed by atoms with E-state index in [9.17, 15) is 9.59 Å². The molecule has 3 heterocycles. The molecular weight excluding hydrogens is 300 g/mol. The number of carbonyl (C=O) groups excluding carboxylic acids is 1. The van der Waals surface area contributed by atoms with Gasteiger partial charge in [0.1, 0.15) is 5.03 Å². The number of H-pyrrole nitrogens is 1. The minimum atomic E-state index is -0.689. The van der Waals surface area contributed by atoms with Crippen molar-refractivity contribution < 1.29 is 13.9 Å². The Balaban J connectivity index is 1.83. The summed E-state index contributed by atoms with van der Waals surface area (Å²) in [6.07, 6.45) is 0. The van der Waals surface area contributed by atoms with E-state index in [4.69, 9.17) is 9.15 Å². The molecule has 0 saturated carbocycles. The van der Waals surface area contributed by atoms with Crippen molar-refractivity contribution in [3.8, 4) is 0 Å². The molecule has 0 unspecified atom stereocenters. The molecule has 0 saturated heterocycles. The number of aromatic amines is 1. The molecule has 11 heteroatoms. The maximum Gasteiger partial charge on any atom is 0.396 e. The van der Waals surface area contributed by atoms with Crippen molar-refractivity contribution in [2.45, 2.75) is 17.2 Å². The van der Waals surface area contributed by atoms with Gasteiger partial charge in [-0.05, 0) is 30.8 Å². The van der Waals surface area contributed by atoms with Gasteiger partial charge in [0, 0.05) is 0 Å². The zero-order chi connectivity index (χ0) is 14.8. The Hall–Kier alpha value is -2.69. The zero-order valence-corrected chi connectivity index (χ0v) is 11.5. The van der Waals surface area contributed by atoms with Gasteiger partial charge in [0.25, 0.3) is 5.22 Å². The number of esters is 1. The van der Waals surface area contributed by atoms with Gasteiger partial charge in [-0.3, -0.25) is 0 Å².